The molecule has 8 aromatic carbocycles. The van der Waals surface area contributed by atoms with Gasteiger partial charge in [0, 0.05) is 37.2 Å². The van der Waals surface area contributed by atoms with E-state index in [1.54, 1.807) is 0 Å². The van der Waals surface area contributed by atoms with Crippen LogP contribution < -0.4 is 4.90 Å². The van der Waals surface area contributed by atoms with Gasteiger partial charge in [-0.15, -0.1) is 11.3 Å². The molecule has 9 rings (SSSR count). The maximum absolute atomic E-state index is 2.36. The van der Waals surface area contributed by atoms with E-state index >= 15 is 0 Å². The fourth-order valence-corrected chi connectivity index (χ4v) is 7.88. The van der Waals surface area contributed by atoms with Gasteiger partial charge in [0.2, 0.25) is 0 Å². The van der Waals surface area contributed by atoms with Gasteiger partial charge < -0.3 is 4.90 Å². The zero-order valence-corrected chi connectivity index (χ0v) is 25.9. The Bertz CT molecular complexity index is 2500. The minimum atomic E-state index is 1.13. The van der Waals surface area contributed by atoms with Crippen molar-refractivity contribution in [1.29, 1.82) is 0 Å². The SMILES string of the molecule is c1ccc(N(c2ccc(-c3ccc4cc5sc6ccccc6c5cc4c3)cc2)c2ccc(-c3cccc4ccccc34)cc2)cc1. The Labute approximate surface area is 272 Å². The van der Waals surface area contributed by atoms with Gasteiger partial charge in [0.1, 0.15) is 0 Å². The van der Waals surface area contributed by atoms with Gasteiger partial charge in [0.05, 0.1) is 0 Å². The third-order valence-corrected chi connectivity index (χ3v) is 10.2. The summed E-state index contributed by atoms with van der Waals surface area (Å²) in [6, 6.07) is 63.9. The Morgan fingerprint density at radius 2 is 0.957 bits per heavy atom. The molecule has 0 amide bonds. The highest BCUT2D eigenvalue weighted by atomic mass is 32.1. The van der Waals surface area contributed by atoms with E-state index in [0.29, 0.717) is 0 Å². The molecule has 0 spiro atoms. The van der Waals surface area contributed by atoms with Crippen molar-refractivity contribution in [2.24, 2.45) is 0 Å². The van der Waals surface area contributed by atoms with Crippen molar-refractivity contribution in [2.45, 2.75) is 0 Å². The van der Waals surface area contributed by atoms with Gasteiger partial charge >= 0.3 is 0 Å². The lowest BCUT2D eigenvalue weighted by Gasteiger charge is -2.26. The molecule has 2 heteroatoms. The largest absolute Gasteiger partial charge is 0.311 e. The van der Waals surface area contributed by atoms with Crippen LogP contribution in [0.1, 0.15) is 0 Å². The lowest BCUT2D eigenvalue weighted by molar-refractivity contribution is 1.28. The van der Waals surface area contributed by atoms with Crippen LogP contribution in [0, 0.1) is 0 Å². The second-order valence-electron chi connectivity index (χ2n) is 11.8. The summed E-state index contributed by atoms with van der Waals surface area (Å²) in [6.07, 6.45) is 0. The summed E-state index contributed by atoms with van der Waals surface area (Å²) in [7, 11) is 0. The van der Waals surface area contributed by atoms with Crippen LogP contribution in [0.2, 0.25) is 0 Å². The minimum Gasteiger partial charge on any atom is -0.311 e. The van der Waals surface area contributed by atoms with E-state index in [4.69, 9.17) is 0 Å². The summed E-state index contributed by atoms with van der Waals surface area (Å²) in [5.41, 5.74) is 8.28. The number of hydrogen-bond donors (Lipinski definition) is 0. The van der Waals surface area contributed by atoms with Gasteiger partial charge in [-0.2, -0.15) is 0 Å². The molecule has 0 N–H and O–H groups in total. The first-order valence-electron chi connectivity index (χ1n) is 15.7. The third-order valence-electron chi connectivity index (χ3n) is 9.04. The third kappa shape index (κ3) is 4.63. The maximum atomic E-state index is 2.36. The van der Waals surface area contributed by atoms with E-state index in [2.05, 4.69) is 181 Å². The quantitative estimate of drug-likeness (QED) is 0.189. The monoisotopic (exact) mass is 603 g/mol. The van der Waals surface area contributed by atoms with Crippen LogP contribution in [0.25, 0.3) is 64.0 Å². The van der Waals surface area contributed by atoms with Gasteiger partial charge in [-0.1, -0.05) is 115 Å². The molecule has 0 fully saturated rings. The van der Waals surface area contributed by atoms with Crippen LogP contribution in [0.5, 0.6) is 0 Å². The van der Waals surface area contributed by atoms with Gasteiger partial charge in [-0.05, 0) is 104 Å². The molecule has 0 aliphatic heterocycles. The van der Waals surface area contributed by atoms with Crippen LogP contribution in [0.15, 0.2) is 176 Å². The molecule has 1 aromatic heterocycles. The number of para-hydroxylation sites is 1. The van der Waals surface area contributed by atoms with E-state index in [1.165, 1.54) is 64.0 Å². The molecule has 1 heterocycles. The highest BCUT2D eigenvalue weighted by molar-refractivity contribution is 7.25. The van der Waals surface area contributed by atoms with Crippen LogP contribution in [-0.2, 0) is 0 Å². The molecule has 0 saturated heterocycles. The number of benzene rings is 8. The molecule has 0 aliphatic carbocycles. The van der Waals surface area contributed by atoms with Crippen LogP contribution in [0.3, 0.4) is 0 Å². The summed E-state index contributed by atoms with van der Waals surface area (Å²) in [4.78, 5) is 2.33. The summed E-state index contributed by atoms with van der Waals surface area (Å²) < 4.78 is 2.69. The highest BCUT2D eigenvalue weighted by Gasteiger charge is 2.14. The van der Waals surface area contributed by atoms with E-state index in [9.17, 15) is 0 Å². The normalized spacial score (nSPS) is 11.5. The molecule has 1 nitrogen and oxygen atoms in total. The number of nitrogens with zero attached hydrogens (tertiary/aromatic N) is 1. The van der Waals surface area contributed by atoms with Crippen molar-refractivity contribution in [2.75, 3.05) is 4.90 Å². The molecule has 46 heavy (non-hydrogen) atoms. The minimum absolute atomic E-state index is 1.13. The number of thiophene rings is 1. The predicted octanol–water partition coefficient (Wildman–Crippen LogP) is 13.2. The summed E-state index contributed by atoms with van der Waals surface area (Å²) in [5, 5.41) is 7.76. The van der Waals surface area contributed by atoms with Gasteiger partial charge in [-0.3, -0.25) is 0 Å². The van der Waals surface area contributed by atoms with E-state index in [1.807, 2.05) is 11.3 Å². The van der Waals surface area contributed by atoms with Crippen molar-refractivity contribution in [3.05, 3.63) is 176 Å². The van der Waals surface area contributed by atoms with Crippen molar-refractivity contribution < 1.29 is 0 Å². The fraction of sp³-hybridized carbons (Fsp3) is 0. The molecule has 9 aromatic rings. The van der Waals surface area contributed by atoms with E-state index < -0.39 is 0 Å². The topological polar surface area (TPSA) is 3.24 Å². The summed E-state index contributed by atoms with van der Waals surface area (Å²) in [6.45, 7) is 0. The molecular formula is C44H29NS. The smallest absolute Gasteiger partial charge is 0.0462 e. The highest BCUT2D eigenvalue weighted by Crippen LogP contribution is 2.39. The molecule has 0 radical (unpaired) electrons. The average Bonchev–Trinajstić information content (AvgIpc) is 3.49. The first-order valence-corrected chi connectivity index (χ1v) is 16.5. The lowest BCUT2D eigenvalue weighted by atomic mass is 9.98. The predicted molar refractivity (Wildman–Crippen MR) is 200 cm³/mol. The van der Waals surface area contributed by atoms with Crippen molar-refractivity contribution >= 4 is 70.1 Å². The number of hydrogen-bond acceptors (Lipinski definition) is 2. The Morgan fingerprint density at radius 3 is 1.76 bits per heavy atom. The second-order valence-corrected chi connectivity index (χ2v) is 12.9. The Hall–Kier alpha value is -5.70. The summed E-state index contributed by atoms with van der Waals surface area (Å²) >= 11 is 1.87. The Kier molecular flexibility index (Phi) is 6.40. The van der Waals surface area contributed by atoms with Crippen molar-refractivity contribution in [3.8, 4) is 22.3 Å². The van der Waals surface area contributed by atoms with Crippen LogP contribution >= 0.6 is 11.3 Å². The Balaban J connectivity index is 1.08. The molecule has 0 bridgehead atoms. The number of rotatable bonds is 5. The first-order chi connectivity index (χ1) is 22.8. The lowest BCUT2D eigenvalue weighted by Crippen LogP contribution is -2.09. The standard InChI is InChI=1S/C44H29NS/c1-2-11-36(12-3-1)45(38-25-21-32(22-26-38)40-15-8-10-31-9-4-5-13-39(31)40)37-23-19-30(20-24-37)33-17-18-34-29-44-42(28-35(34)27-33)41-14-6-7-16-43(41)46-44/h1-29H. The maximum Gasteiger partial charge on any atom is 0.0462 e. The summed E-state index contributed by atoms with van der Waals surface area (Å²) in [5.74, 6) is 0. The van der Waals surface area contributed by atoms with Gasteiger partial charge in [0.25, 0.3) is 0 Å². The molecule has 0 saturated carbocycles. The van der Waals surface area contributed by atoms with Gasteiger partial charge in [-0.25, -0.2) is 0 Å². The fourth-order valence-electron chi connectivity index (χ4n) is 6.74. The molecular weight excluding hydrogens is 575 g/mol. The van der Waals surface area contributed by atoms with Crippen LogP contribution in [-0.4, -0.2) is 0 Å². The van der Waals surface area contributed by atoms with Crippen molar-refractivity contribution in [1.82, 2.24) is 0 Å². The van der Waals surface area contributed by atoms with Gasteiger partial charge in [0.15, 0.2) is 0 Å². The van der Waals surface area contributed by atoms with Crippen molar-refractivity contribution in [3.63, 3.8) is 0 Å². The zero-order chi connectivity index (χ0) is 30.5. The Morgan fingerprint density at radius 1 is 0.326 bits per heavy atom. The number of anilines is 3. The molecule has 0 aliphatic rings. The average molecular weight is 604 g/mol. The number of fused-ring (bicyclic) bond motifs is 5. The van der Waals surface area contributed by atoms with E-state index in [-0.39, 0.29) is 0 Å². The first kappa shape index (κ1) is 26.7. The molecule has 216 valence electrons. The molecule has 0 atom stereocenters. The molecule has 0 unspecified atom stereocenters. The zero-order valence-electron chi connectivity index (χ0n) is 25.1. The van der Waals surface area contributed by atoms with Crippen LogP contribution in [0.4, 0.5) is 17.1 Å². The van der Waals surface area contributed by atoms with E-state index in [0.717, 1.165) is 17.1 Å². The second kappa shape index (κ2) is 11.0.